The molecular weight excluding hydrogens is 1360 g/mol. The van der Waals surface area contributed by atoms with Gasteiger partial charge in [-0.25, -0.2) is 32.0 Å². The minimum Gasteiger partial charge on any atom is -0.201 e. The van der Waals surface area contributed by atoms with Gasteiger partial charge in [0.25, 0.3) is 0 Å². The van der Waals surface area contributed by atoms with Crippen molar-refractivity contribution in [3.63, 3.8) is 0 Å². The van der Waals surface area contributed by atoms with E-state index in [1.165, 1.54) is 173 Å². The molecule has 574 valence electrons. The maximum atomic E-state index is 7.45. The Morgan fingerprint density at radius 3 is 0.804 bits per heavy atom. The van der Waals surface area contributed by atoms with Crippen LogP contribution >= 0.6 is 0 Å². The van der Waals surface area contributed by atoms with Gasteiger partial charge in [0.15, 0.2) is 43.4 Å². The van der Waals surface area contributed by atoms with E-state index in [4.69, 9.17) is 4.11 Å². The molecule has 0 bridgehead atoms. The van der Waals surface area contributed by atoms with Crippen molar-refractivity contribution in [3.05, 3.63) is 373 Å². The summed E-state index contributed by atoms with van der Waals surface area (Å²) in [4.78, 5) is 0. The van der Waals surface area contributed by atoms with Gasteiger partial charge in [-0.1, -0.05) is 125 Å². The molecule has 0 aliphatic rings. The Morgan fingerprint density at radius 1 is 0.188 bits per heavy atom. The molecule has 7 aromatic heterocycles. The van der Waals surface area contributed by atoms with Crippen LogP contribution in [-0.2, 0) is 49.3 Å². The fraction of sp³-hybridized carbons (Fsp3) is 0.267. The molecular formula is C105H126N7+7. The van der Waals surface area contributed by atoms with E-state index in [2.05, 4.69) is 433 Å². The summed E-state index contributed by atoms with van der Waals surface area (Å²) in [7, 11) is 14.6. The number of pyridine rings is 7. The highest BCUT2D eigenvalue weighted by Gasteiger charge is 2.21. The average Bonchev–Trinajstić information content (AvgIpc) is 0.837. The van der Waals surface area contributed by atoms with Crippen LogP contribution in [0.4, 0.5) is 0 Å². The average molecular weight is 1490 g/mol. The number of hydrogen-bond donors (Lipinski definition) is 0. The highest BCUT2D eigenvalue weighted by Crippen LogP contribution is 2.30. The van der Waals surface area contributed by atoms with Crippen molar-refractivity contribution < 1.29 is 36.1 Å². The number of nitrogens with zero attached hydrogens (tertiary/aromatic N) is 7. The smallest absolute Gasteiger partial charge is 0.201 e. The van der Waals surface area contributed by atoms with Gasteiger partial charge in [-0.15, -0.1) is 0 Å². The lowest BCUT2D eigenvalue weighted by Crippen LogP contribution is -2.31. The van der Waals surface area contributed by atoms with Crippen LogP contribution in [0.15, 0.2) is 256 Å². The van der Waals surface area contributed by atoms with E-state index in [-0.39, 0.29) is 0 Å². The van der Waals surface area contributed by atoms with Gasteiger partial charge in [-0.2, -0.15) is 0 Å². The molecule has 14 rings (SSSR count). The molecule has 14 aromatic rings. The van der Waals surface area contributed by atoms with Crippen LogP contribution in [0, 0.1) is 145 Å². The normalized spacial score (nSPS) is 11.0. The molecule has 0 saturated heterocycles. The molecule has 0 spiro atoms. The van der Waals surface area contributed by atoms with Crippen LogP contribution in [0.2, 0.25) is 0 Å². The first-order valence-electron chi connectivity index (χ1n) is 40.6. The molecule has 0 fully saturated rings. The third-order valence-electron chi connectivity index (χ3n) is 21.1. The highest BCUT2D eigenvalue weighted by atomic mass is 14.9. The van der Waals surface area contributed by atoms with Gasteiger partial charge in [0.1, 0.15) is 49.3 Å². The molecule has 7 heteroatoms. The second-order valence-corrected chi connectivity index (χ2v) is 31.1. The SMILES string of the molecule is Cc1cc[n+](C)c(-c2c(C)cccc2C)c1.Cc1cc[n+](C)c(-c2c(C)cccc2C)c1.Cc1ccc(-c2cc(C)cc[n+]2C)c(C)c1.Cc1ccc(C)c(-c2cc(C)cc[n+]2C)c1.Cc1ccc(C)c(-c2cc(C)cc[n+]2C)c1.Cc1ccccc1-c1c(C)c(C)cc[n+]1C.[2H]C([2H])([2H])c1ccc(-c2cc(C)cc[n+]2C)c(C)c1. The van der Waals surface area contributed by atoms with E-state index in [0.717, 1.165) is 16.8 Å². The second-order valence-electron chi connectivity index (χ2n) is 31.1. The van der Waals surface area contributed by atoms with Crippen molar-refractivity contribution in [2.45, 2.75) is 145 Å². The molecule has 0 aliphatic carbocycles. The zero-order chi connectivity index (χ0) is 84.4. The molecule has 0 aliphatic heterocycles. The summed E-state index contributed by atoms with van der Waals surface area (Å²) in [5.74, 6) is 0. The predicted molar refractivity (Wildman–Crippen MR) is 471 cm³/mol. The number of aryl methyl sites for hydroxylation is 27. The quantitative estimate of drug-likeness (QED) is 0.142. The van der Waals surface area contributed by atoms with Crippen LogP contribution in [-0.4, -0.2) is 0 Å². The van der Waals surface area contributed by atoms with Crippen LogP contribution in [0.1, 0.15) is 121 Å². The predicted octanol–water partition coefficient (Wildman–Crippen LogP) is 21.7. The molecule has 112 heavy (non-hydrogen) atoms. The van der Waals surface area contributed by atoms with E-state index in [0.29, 0.717) is 5.56 Å². The summed E-state index contributed by atoms with van der Waals surface area (Å²) >= 11 is 0. The molecule has 7 aromatic carbocycles. The first-order valence-corrected chi connectivity index (χ1v) is 39.1. The molecule has 0 saturated carbocycles. The number of hydrogen-bond acceptors (Lipinski definition) is 0. The molecule has 0 unspecified atom stereocenters. The Balaban J connectivity index is 0.000000168. The van der Waals surface area contributed by atoms with Crippen LogP contribution in [0.5, 0.6) is 0 Å². The third kappa shape index (κ3) is 22.9. The molecule has 0 radical (unpaired) electrons. The van der Waals surface area contributed by atoms with Crippen molar-refractivity contribution in [3.8, 4) is 78.8 Å². The van der Waals surface area contributed by atoms with Crippen molar-refractivity contribution in [1.82, 2.24) is 0 Å². The van der Waals surface area contributed by atoms with Crippen molar-refractivity contribution in [2.24, 2.45) is 49.3 Å². The summed E-state index contributed by atoms with van der Waals surface area (Å²) < 4.78 is 37.5. The van der Waals surface area contributed by atoms with Crippen molar-refractivity contribution >= 4 is 0 Å². The van der Waals surface area contributed by atoms with Gasteiger partial charge in [0.05, 0.1) is 11.1 Å². The Labute approximate surface area is 678 Å². The van der Waals surface area contributed by atoms with Crippen molar-refractivity contribution in [1.29, 1.82) is 0 Å². The fourth-order valence-electron chi connectivity index (χ4n) is 14.2. The van der Waals surface area contributed by atoms with E-state index in [1.54, 1.807) is 12.1 Å². The summed E-state index contributed by atoms with van der Waals surface area (Å²) in [5, 5.41) is 0. The Hall–Kier alpha value is -11.4. The summed E-state index contributed by atoms with van der Waals surface area (Å²) in [5.41, 5.74) is 44.2. The van der Waals surface area contributed by atoms with Crippen LogP contribution in [0.25, 0.3) is 78.8 Å². The zero-order valence-electron chi connectivity index (χ0n) is 75.4. The number of rotatable bonds is 7. The van der Waals surface area contributed by atoms with E-state index < -0.39 is 6.85 Å². The first kappa shape index (κ1) is 81.6. The molecule has 7 nitrogen and oxygen atoms in total. The van der Waals surface area contributed by atoms with Gasteiger partial charge < -0.3 is 0 Å². The zero-order valence-corrected chi connectivity index (χ0v) is 72.4. The number of aromatic nitrogens is 7. The Bertz CT molecular complexity index is 5430. The Kier molecular flexibility index (Phi) is 28.8. The van der Waals surface area contributed by atoms with Gasteiger partial charge in [0, 0.05) is 116 Å². The monoisotopic (exact) mass is 1490 g/mol. The van der Waals surface area contributed by atoms with Gasteiger partial charge in [0.2, 0.25) is 39.9 Å². The lowest BCUT2D eigenvalue weighted by molar-refractivity contribution is -0.660. The second kappa shape index (κ2) is 39.5. The number of benzene rings is 7. The topological polar surface area (TPSA) is 27.2 Å². The summed E-state index contributed by atoms with van der Waals surface area (Å²) in [6.07, 6.45) is 14.7. The fourth-order valence-corrected chi connectivity index (χ4v) is 14.2. The molecule has 7 heterocycles. The van der Waals surface area contributed by atoms with E-state index in [9.17, 15) is 0 Å². The summed E-state index contributed by atoms with van der Waals surface area (Å²) in [6, 6.07) is 74.8. The molecule has 0 N–H and O–H groups in total. The highest BCUT2D eigenvalue weighted by molar-refractivity contribution is 5.69. The van der Waals surface area contributed by atoms with Gasteiger partial charge >= 0.3 is 0 Å². The maximum absolute atomic E-state index is 7.45. The van der Waals surface area contributed by atoms with Crippen LogP contribution in [0.3, 0.4) is 0 Å². The first-order chi connectivity index (χ1) is 54.3. The van der Waals surface area contributed by atoms with Crippen LogP contribution < -0.4 is 32.0 Å². The third-order valence-corrected chi connectivity index (χ3v) is 21.1. The molecule has 0 atom stereocenters. The lowest BCUT2D eigenvalue weighted by Gasteiger charge is -2.08. The van der Waals surface area contributed by atoms with Crippen molar-refractivity contribution in [2.75, 3.05) is 0 Å². The van der Waals surface area contributed by atoms with E-state index >= 15 is 0 Å². The summed E-state index contributed by atoms with van der Waals surface area (Å²) in [6.45, 7) is 40.7. The molecule has 0 amide bonds. The largest absolute Gasteiger partial charge is 0.215 e. The minimum absolute atomic E-state index is 0.393. The van der Waals surface area contributed by atoms with Gasteiger partial charge in [-0.05, 0) is 265 Å². The van der Waals surface area contributed by atoms with Gasteiger partial charge in [-0.3, -0.25) is 0 Å². The standard InChI is InChI=1S/7C15H18N/c2*1-11-5-6-14(13(3)9-11)15-10-12(2)7-8-16(15)4;2*1-11-5-6-13(3)14(9-11)15-10-12(2)7-8-16(15)4;2*1-11-8-9-16(4)14(10-11)15-12(2)6-5-7-13(15)3;1-11-9-10-16(4)15(13(11)3)14-8-6-5-7-12(14)2/h7*5-10H,1-4H3/q7*+1/i1D3;;;;;;. The maximum Gasteiger partial charge on any atom is 0.215 e. The Morgan fingerprint density at radius 2 is 0.455 bits per heavy atom. The minimum atomic E-state index is -2.04. The van der Waals surface area contributed by atoms with E-state index in [1.807, 2.05) is 30.8 Å². The lowest BCUT2D eigenvalue weighted by atomic mass is 9.98.